The fourth-order valence-corrected chi connectivity index (χ4v) is 2.51. The van der Waals surface area contributed by atoms with E-state index in [0.717, 1.165) is 19.4 Å². The fourth-order valence-electron chi connectivity index (χ4n) is 2.51. The summed E-state index contributed by atoms with van der Waals surface area (Å²) in [7, 11) is 0. The van der Waals surface area contributed by atoms with Crippen molar-refractivity contribution in [3.63, 3.8) is 0 Å². The van der Waals surface area contributed by atoms with E-state index in [-0.39, 0.29) is 18.2 Å². The van der Waals surface area contributed by atoms with Gasteiger partial charge in [0.15, 0.2) is 0 Å². The van der Waals surface area contributed by atoms with E-state index in [1.807, 2.05) is 20.8 Å². The summed E-state index contributed by atoms with van der Waals surface area (Å²) in [6.45, 7) is 8.03. The Bertz CT molecular complexity index is 348. The van der Waals surface area contributed by atoms with E-state index in [9.17, 15) is 9.59 Å². The monoisotopic (exact) mass is 240 g/mol. The summed E-state index contributed by atoms with van der Waals surface area (Å²) >= 11 is 0. The molecule has 0 spiro atoms. The molecule has 0 unspecified atom stereocenters. The van der Waals surface area contributed by atoms with Gasteiger partial charge in [0.25, 0.3) is 0 Å². The molecule has 0 saturated carbocycles. The number of nitrogens with zero attached hydrogens (tertiary/aromatic N) is 2. The maximum absolute atomic E-state index is 12.1. The average Bonchev–Trinajstić information content (AvgIpc) is 2.69. The van der Waals surface area contributed by atoms with Crippen LogP contribution in [0, 0.1) is 0 Å². The third kappa shape index (κ3) is 2.10. The Labute approximate surface area is 102 Å². The van der Waals surface area contributed by atoms with E-state index in [2.05, 4.69) is 0 Å². The summed E-state index contributed by atoms with van der Waals surface area (Å²) < 4.78 is 5.36. The van der Waals surface area contributed by atoms with Gasteiger partial charge in [-0.3, -0.25) is 9.69 Å². The Kier molecular flexibility index (Phi) is 2.79. The predicted molar refractivity (Wildman–Crippen MR) is 62.3 cm³/mol. The Morgan fingerprint density at radius 2 is 2.06 bits per heavy atom. The molecule has 0 bridgehead atoms. The van der Waals surface area contributed by atoms with Crippen LogP contribution in [0.1, 0.15) is 40.5 Å². The highest BCUT2D eigenvalue weighted by atomic mass is 16.6. The molecule has 5 nitrogen and oxygen atoms in total. The van der Waals surface area contributed by atoms with Gasteiger partial charge in [0.05, 0.1) is 0 Å². The number of rotatable bonds is 0. The molecule has 0 N–H and O–H groups in total. The van der Waals surface area contributed by atoms with Gasteiger partial charge in [-0.15, -0.1) is 0 Å². The molecule has 0 aromatic heterocycles. The number of hydrogen-bond acceptors (Lipinski definition) is 3. The van der Waals surface area contributed by atoms with Crippen molar-refractivity contribution in [1.82, 2.24) is 9.80 Å². The summed E-state index contributed by atoms with van der Waals surface area (Å²) in [6.07, 6.45) is 1.35. The van der Waals surface area contributed by atoms with Crippen LogP contribution in [-0.4, -0.2) is 46.2 Å². The number of carbonyl (C=O) groups excluding carboxylic acids is 2. The fraction of sp³-hybridized carbons (Fsp3) is 0.833. The Morgan fingerprint density at radius 3 is 2.65 bits per heavy atom. The highest BCUT2D eigenvalue weighted by Crippen LogP contribution is 2.31. The first-order chi connectivity index (χ1) is 7.81. The molecule has 0 aromatic rings. The molecule has 96 valence electrons. The van der Waals surface area contributed by atoms with Gasteiger partial charge >= 0.3 is 6.09 Å². The van der Waals surface area contributed by atoms with Crippen molar-refractivity contribution in [2.45, 2.75) is 58.3 Å². The Morgan fingerprint density at radius 1 is 1.41 bits per heavy atom. The summed E-state index contributed by atoms with van der Waals surface area (Å²) in [5.74, 6) is 0.0401. The van der Waals surface area contributed by atoms with Crippen molar-refractivity contribution in [3.8, 4) is 0 Å². The van der Waals surface area contributed by atoms with Gasteiger partial charge < -0.3 is 9.64 Å². The maximum Gasteiger partial charge on any atom is 0.412 e. The van der Waals surface area contributed by atoms with Crippen molar-refractivity contribution in [2.24, 2.45) is 0 Å². The first-order valence-electron chi connectivity index (χ1n) is 6.13. The van der Waals surface area contributed by atoms with E-state index in [1.165, 1.54) is 0 Å². The first-order valence-corrected chi connectivity index (χ1v) is 6.13. The normalized spacial score (nSPS) is 28.6. The van der Waals surface area contributed by atoms with Gasteiger partial charge in [0.2, 0.25) is 5.91 Å². The lowest BCUT2D eigenvalue weighted by Crippen LogP contribution is -2.44. The Hall–Kier alpha value is -1.26. The molecule has 2 amide bonds. The lowest BCUT2D eigenvalue weighted by molar-refractivity contribution is -0.128. The second-order valence-electron chi connectivity index (χ2n) is 5.72. The number of ether oxygens (including phenoxy) is 1. The quantitative estimate of drug-likeness (QED) is 0.646. The lowest BCUT2D eigenvalue weighted by atomic mass is 10.2. The second kappa shape index (κ2) is 3.89. The van der Waals surface area contributed by atoms with Crippen molar-refractivity contribution < 1.29 is 14.3 Å². The first kappa shape index (κ1) is 12.2. The summed E-state index contributed by atoms with van der Waals surface area (Å²) in [5, 5.41) is 0. The number of fused-ring (bicyclic) bond motifs is 1. The zero-order chi connectivity index (χ0) is 12.8. The smallest absolute Gasteiger partial charge is 0.412 e. The number of carbonyl (C=O) groups is 2. The van der Waals surface area contributed by atoms with Crippen LogP contribution in [0.3, 0.4) is 0 Å². The molecule has 0 aromatic carbocycles. The SMILES string of the molecule is C[C@H]1C(=O)N2CCC[C@@H]2N1C(=O)OC(C)(C)C. The molecular weight excluding hydrogens is 220 g/mol. The molecule has 2 fully saturated rings. The van der Waals surface area contributed by atoms with Crippen LogP contribution in [-0.2, 0) is 9.53 Å². The molecule has 2 heterocycles. The highest BCUT2D eigenvalue weighted by molar-refractivity contribution is 5.89. The van der Waals surface area contributed by atoms with E-state index < -0.39 is 11.6 Å². The largest absolute Gasteiger partial charge is 0.444 e. The highest BCUT2D eigenvalue weighted by Gasteiger charge is 2.49. The van der Waals surface area contributed by atoms with Gasteiger partial charge in [-0.1, -0.05) is 0 Å². The molecule has 0 radical (unpaired) electrons. The predicted octanol–water partition coefficient (Wildman–Crippen LogP) is 1.57. The zero-order valence-corrected chi connectivity index (χ0v) is 10.9. The molecule has 2 saturated heterocycles. The second-order valence-corrected chi connectivity index (χ2v) is 5.72. The third-order valence-electron chi connectivity index (χ3n) is 3.20. The zero-order valence-electron chi connectivity index (χ0n) is 10.9. The lowest BCUT2D eigenvalue weighted by Gasteiger charge is -2.29. The van der Waals surface area contributed by atoms with Gasteiger partial charge in [-0.25, -0.2) is 4.79 Å². The molecule has 2 aliphatic heterocycles. The van der Waals surface area contributed by atoms with E-state index in [4.69, 9.17) is 4.74 Å². The van der Waals surface area contributed by atoms with Gasteiger partial charge in [0.1, 0.15) is 17.8 Å². The van der Waals surface area contributed by atoms with Crippen LogP contribution in [0.5, 0.6) is 0 Å². The van der Waals surface area contributed by atoms with Crippen LogP contribution in [0.4, 0.5) is 4.79 Å². The van der Waals surface area contributed by atoms with Crippen LogP contribution in [0.2, 0.25) is 0 Å². The van der Waals surface area contributed by atoms with Crippen molar-refractivity contribution in [2.75, 3.05) is 6.54 Å². The van der Waals surface area contributed by atoms with Crippen LogP contribution in [0.25, 0.3) is 0 Å². The number of hydrogen-bond donors (Lipinski definition) is 0. The summed E-state index contributed by atoms with van der Waals surface area (Å²) in [5.41, 5.74) is -0.522. The van der Waals surface area contributed by atoms with Gasteiger partial charge in [-0.2, -0.15) is 0 Å². The van der Waals surface area contributed by atoms with Crippen LogP contribution in [0.15, 0.2) is 0 Å². The van der Waals surface area contributed by atoms with Crippen molar-refractivity contribution in [1.29, 1.82) is 0 Å². The minimum atomic E-state index is -0.522. The van der Waals surface area contributed by atoms with Crippen LogP contribution >= 0.6 is 0 Å². The molecular formula is C12H20N2O3. The minimum Gasteiger partial charge on any atom is -0.444 e. The Balaban J connectivity index is 2.15. The standard InChI is InChI=1S/C12H20N2O3/c1-8-10(15)13-7-5-6-9(13)14(8)11(16)17-12(2,3)4/h8-9H,5-7H2,1-4H3/t8-,9-/m0/s1. The molecule has 2 atom stereocenters. The molecule has 2 aliphatic rings. The molecule has 5 heteroatoms. The van der Waals surface area contributed by atoms with E-state index >= 15 is 0 Å². The van der Waals surface area contributed by atoms with Gasteiger partial charge in [-0.05, 0) is 40.5 Å². The third-order valence-corrected chi connectivity index (χ3v) is 3.20. The number of amides is 2. The van der Waals surface area contributed by atoms with Crippen LogP contribution < -0.4 is 0 Å². The van der Waals surface area contributed by atoms with Crippen molar-refractivity contribution >= 4 is 12.0 Å². The summed E-state index contributed by atoms with van der Waals surface area (Å²) in [4.78, 5) is 27.4. The topological polar surface area (TPSA) is 49.9 Å². The summed E-state index contributed by atoms with van der Waals surface area (Å²) in [6, 6.07) is -0.393. The average molecular weight is 240 g/mol. The van der Waals surface area contributed by atoms with E-state index in [1.54, 1.807) is 16.7 Å². The van der Waals surface area contributed by atoms with E-state index in [0.29, 0.717) is 0 Å². The van der Waals surface area contributed by atoms with Gasteiger partial charge in [0, 0.05) is 6.54 Å². The molecule has 0 aliphatic carbocycles. The molecule has 2 rings (SSSR count). The maximum atomic E-state index is 12.1. The minimum absolute atomic E-state index is 0.0401. The van der Waals surface area contributed by atoms with Crippen molar-refractivity contribution in [3.05, 3.63) is 0 Å². The molecule has 17 heavy (non-hydrogen) atoms.